The molecule has 2 N–H and O–H groups in total. The third kappa shape index (κ3) is 1.89. The van der Waals surface area contributed by atoms with E-state index < -0.39 is 0 Å². The standard InChI is InChI=1S/C11H16N2O2/c1-2-4-7-10-8(13-11(15)12-7)5-3-6-9(10)14/h7H,2-6H2,1H3,(H2,12,13,15). The second kappa shape index (κ2) is 4.04. The molecule has 1 unspecified atom stereocenters. The maximum Gasteiger partial charge on any atom is 0.319 e. The molecule has 0 aromatic rings. The summed E-state index contributed by atoms with van der Waals surface area (Å²) in [5, 5.41) is 5.56. The molecule has 2 rings (SSSR count). The van der Waals surface area contributed by atoms with Crippen LogP contribution in [0.1, 0.15) is 39.0 Å². The molecule has 0 saturated heterocycles. The first-order valence-electron chi connectivity index (χ1n) is 5.56. The van der Waals surface area contributed by atoms with E-state index in [1.165, 1.54) is 0 Å². The van der Waals surface area contributed by atoms with Crippen LogP contribution in [-0.4, -0.2) is 17.9 Å². The first kappa shape index (κ1) is 10.2. The fraction of sp³-hybridized carbons (Fsp3) is 0.636. The summed E-state index contributed by atoms with van der Waals surface area (Å²) in [6.07, 6.45) is 4.12. The minimum absolute atomic E-state index is 0.0634. The lowest BCUT2D eigenvalue weighted by molar-refractivity contribution is -0.116. The number of hydrogen-bond acceptors (Lipinski definition) is 2. The van der Waals surface area contributed by atoms with E-state index in [0.29, 0.717) is 6.42 Å². The predicted molar refractivity (Wildman–Crippen MR) is 56.2 cm³/mol. The molecule has 0 fully saturated rings. The Balaban J connectivity index is 2.30. The average molecular weight is 208 g/mol. The number of nitrogens with one attached hydrogen (secondary N) is 2. The van der Waals surface area contributed by atoms with Gasteiger partial charge >= 0.3 is 6.03 Å². The van der Waals surface area contributed by atoms with Crippen molar-refractivity contribution < 1.29 is 9.59 Å². The van der Waals surface area contributed by atoms with Crippen molar-refractivity contribution in [2.75, 3.05) is 0 Å². The van der Waals surface area contributed by atoms with Gasteiger partial charge in [-0.3, -0.25) is 4.79 Å². The molecule has 2 aliphatic rings. The highest BCUT2D eigenvalue weighted by molar-refractivity contribution is 6.00. The van der Waals surface area contributed by atoms with Crippen LogP contribution in [0.2, 0.25) is 0 Å². The summed E-state index contributed by atoms with van der Waals surface area (Å²) >= 11 is 0. The van der Waals surface area contributed by atoms with Crippen LogP contribution in [0, 0.1) is 0 Å². The fourth-order valence-electron chi connectivity index (χ4n) is 2.31. The molecule has 0 saturated carbocycles. The number of carbonyl (C=O) groups is 2. The van der Waals surface area contributed by atoms with Crippen molar-refractivity contribution in [1.29, 1.82) is 0 Å². The number of rotatable bonds is 2. The molecule has 0 radical (unpaired) electrons. The molecule has 1 atom stereocenters. The Bertz CT molecular complexity index is 333. The van der Waals surface area contributed by atoms with Crippen molar-refractivity contribution in [3.63, 3.8) is 0 Å². The van der Waals surface area contributed by atoms with E-state index in [-0.39, 0.29) is 17.9 Å². The molecule has 1 heterocycles. The van der Waals surface area contributed by atoms with Gasteiger partial charge in [0.1, 0.15) is 0 Å². The normalized spacial score (nSPS) is 25.8. The molecule has 82 valence electrons. The van der Waals surface area contributed by atoms with Gasteiger partial charge in [0.15, 0.2) is 5.78 Å². The van der Waals surface area contributed by atoms with Gasteiger partial charge in [-0.15, -0.1) is 0 Å². The summed E-state index contributed by atoms with van der Waals surface area (Å²) in [7, 11) is 0. The summed E-state index contributed by atoms with van der Waals surface area (Å²) in [5.41, 5.74) is 1.68. The first-order chi connectivity index (χ1) is 7.22. The minimum atomic E-state index is -0.165. The van der Waals surface area contributed by atoms with E-state index in [9.17, 15) is 9.59 Å². The number of Topliss-reactive ketones (excluding diaryl/α,β-unsaturated/α-hetero) is 1. The van der Waals surface area contributed by atoms with Crippen LogP contribution < -0.4 is 10.6 Å². The van der Waals surface area contributed by atoms with Crippen LogP contribution in [0.25, 0.3) is 0 Å². The largest absolute Gasteiger partial charge is 0.331 e. The Kier molecular flexibility index (Phi) is 2.75. The molecule has 0 bridgehead atoms. The lowest BCUT2D eigenvalue weighted by Gasteiger charge is -2.31. The van der Waals surface area contributed by atoms with E-state index in [0.717, 1.165) is 37.0 Å². The van der Waals surface area contributed by atoms with Crippen molar-refractivity contribution >= 4 is 11.8 Å². The molecule has 0 aromatic heterocycles. The van der Waals surface area contributed by atoms with Gasteiger partial charge in [-0.05, 0) is 19.3 Å². The Morgan fingerprint density at radius 1 is 1.33 bits per heavy atom. The lowest BCUT2D eigenvalue weighted by atomic mass is 9.87. The van der Waals surface area contributed by atoms with E-state index in [4.69, 9.17) is 0 Å². The number of amides is 2. The second-order valence-corrected chi connectivity index (χ2v) is 4.11. The third-order valence-electron chi connectivity index (χ3n) is 2.95. The van der Waals surface area contributed by atoms with Crippen LogP contribution in [-0.2, 0) is 4.79 Å². The first-order valence-corrected chi connectivity index (χ1v) is 5.56. The highest BCUT2D eigenvalue weighted by atomic mass is 16.2. The zero-order valence-electron chi connectivity index (χ0n) is 8.93. The molecule has 15 heavy (non-hydrogen) atoms. The number of hydrogen-bond donors (Lipinski definition) is 2. The molecule has 1 aliphatic carbocycles. The molecule has 4 heteroatoms. The van der Waals surface area contributed by atoms with Crippen LogP contribution >= 0.6 is 0 Å². The van der Waals surface area contributed by atoms with Gasteiger partial charge < -0.3 is 10.6 Å². The van der Waals surface area contributed by atoms with Gasteiger partial charge in [-0.1, -0.05) is 13.3 Å². The van der Waals surface area contributed by atoms with Crippen molar-refractivity contribution in [3.8, 4) is 0 Å². The zero-order chi connectivity index (χ0) is 10.8. The molecule has 4 nitrogen and oxygen atoms in total. The smallest absolute Gasteiger partial charge is 0.319 e. The minimum Gasteiger partial charge on any atom is -0.331 e. The van der Waals surface area contributed by atoms with Crippen molar-refractivity contribution in [2.45, 2.75) is 45.1 Å². The number of carbonyl (C=O) groups excluding carboxylic acids is 2. The van der Waals surface area contributed by atoms with Crippen LogP contribution in [0.5, 0.6) is 0 Å². The number of ketones is 1. The summed E-state index contributed by atoms with van der Waals surface area (Å²) < 4.78 is 0. The number of allylic oxidation sites excluding steroid dienone is 1. The summed E-state index contributed by atoms with van der Waals surface area (Å²) in [6, 6.07) is -0.228. The predicted octanol–water partition coefficient (Wildman–Crippen LogP) is 1.48. The summed E-state index contributed by atoms with van der Waals surface area (Å²) in [6.45, 7) is 2.06. The van der Waals surface area contributed by atoms with E-state index in [1.807, 2.05) is 0 Å². The molecule has 0 spiro atoms. The molecule has 0 aromatic carbocycles. The molecule has 2 amide bonds. The lowest BCUT2D eigenvalue weighted by Crippen LogP contribution is -2.51. The van der Waals surface area contributed by atoms with Gasteiger partial charge in [0.05, 0.1) is 6.04 Å². The number of urea groups is 1. The summed E-state index contributed by atoms with van der Waals surface area (Å²) in [4.78, 5) is 23.1. The van der Waals surface area contributed by atoms with Gasteiger partial charge in [0.2, 0.25) is 0 Å². The van der Waals surface area contributed by atoms with E-state index in [1.54, 1.807) is 0 Å². The Hall–Kier alpha value is -1.32. The molecule has 1 aliphatic heterocycles. The Morgan fingerprint density at radius 2 is 2.13 bits per heavy atom. The molecular weight excluding hydrogens is 192 g/mol. The van der Waals surface area contributed by atoms with Crippen molar-refractivity contribution in [2.24, 2.45) is 0 Å². The maximum atomic E-state index is 11.8. The van der Waals surface area contributed by atoms with Crippen molar-refractivity contribution in [3.05, 3.63) is 11.3 Å². The van der Waals surface area contributed by atoms with E-state index >= 15 is 0 Å². The third-order valence-corrected chi connectivity index (χ3v) is 2.95. The highest BCUT2D eigenvalue weighted by Crippen LogP contribution is 2.26. The van der Waals surface area contributed by atoms with Gasteiger partial charge in [-0.2, -0.15) is 0 Å². The van der Waals surface area contributed by atoms with Crippen LogP contribution in [0.3, 0.4) is 0 Å². The topological polar surface area (TPSA) is 58.2 Å². The maximum absolute atomic E-state index is 11.8. The highest BCUT2D eigenvalue weighted by Gasteiger charge is 2.32. The van der Waals surface area contributed by atoms with E-state index in [2.05, 4.69) is 17.6 Å². The van der Waals surface area contributed by atoms with Gasteiger partial charge in [0.25, 0.3) is 0 Å². The molecular formula is C11H16N2O2. The quantitative estimate of drug-likeness (QED) is 0.722. The Morgan fingerprint density at radius 3 is 2.87 bits per heavy atom. The average Bonchev–Trinajstić information content (AvgIpc) is 2.17. The van der Waals surface area contributed by atoms with Crippen molar-refractivity contribution in [1.82, 2.24) is 10.6 Å². The second-order valence-electron chi connectivity index (χ2n) is 4.11. The van der Waals surface area contributed by atoms with Crippen LogP contribution in [0.15, 0.2) is 11.3 Å². The van der Waals surface area contributed by atoms with Crippen LogP contribution in [0.4, 0.5) is 4.79 Å². The van der Waals surface area contributed by atoms with Gasteiger partial charge in [-0.25, -0.2) is 4.79 Å². The van der Waals surface area contributed by atoms with Gasteiger partial charge in [0, 0.05) is 17.7 Å². The summed E-state index contributed by atoms with van der Waals surface area (Å²) in [5.74, 6) is 0.196. The Labute approximate surface area is 89.1 Å². The SMILES string of the molecule is CCCC1NC(=O)NC2=C1C(=O)CCC2. The fourth-order valence-corrected chi connectivity index (χ4v) is 2.31. The zero-order valence-corrected chi connectivity index (χ0v) is 8.93. The monoisotopic (exact) mass is 208 g/mol.